The maximum atomic E-state index is 4.67. The van der Waals surface area contributed by atoms with Crippen LogP contribution in [0, 0.1) is 0 Å². The second-order valence-corrected chi connectivity index (χ2v) is 10.9. The Morgan fingerprint density at radius 2 is 0.818 bits per heavy atom. The minimum absolute atomic E-state index is 0.839. The van der Waals surface area contributed by atoms with Crippen LogP contribution in [0.1, 0.15) is 11.4 Å². The third kappa shape index (κ3) is 4.99. The van der Waals surface area contributed by atoms with Crippen molar-refractivity contribution in [2.45, 2.75) is 0 Å². The van der Waals surface area contributed by atoms with E-state index in [1.807, 2.05) is 48.5 Å². The van der Waals surface area contributed by atoms with E-state index in [9.17, 15) is 0 Å². The van der Waals surface area contributed by atoms with Crippen molar-refractivity contribution in [3.63, 3.8) is 0 Å². The summed E-state index contributed by atoms with van der Waals surface area (Å²) in [7, 11) is 0. The highest BCUT2D eigenvalue weighted by Crippen LogP contribution is 2.40. The van der Waals surface area contributed by atoms with Gasteiger partial charge in [-0.15, -0.1) is 0 Å². The first-order valence-electron chi connectivity index (χ1n) is 14.6. The van der Waals surface area contributed by atoms with E-state index in [0.717, 1.165) is 33.9 Å². The van der Waals surface area contributed by atoms with Crippen molar-refractivity contribution >= 4 is 56.1 Å². The summed E-state index contributed by atoms with van der Waals surface area (Å²) >= 11 is 0. The molecule has 4 heteroatoms. The largest absolute Gasteiger partial charge is 0.255 e. The Kier molecular flexibility index (Phi) is 6.43. The van der Waals surface area contributed by atoms with Gasteiger partial charge in [-0.25, -0.2) is 0 Å². The van der Waals surface area contributed by atoms with Crippen LogP contribution in [0.4, 0.5) is 11.4 Å². The molecule has 0 unspecified atom stereocenters. The summed E-state index contributed by atoms with van der Waals surface area (Å²) < 4.78 is 0. The number of pyridine rings is 2. The summed E-state index contributed by atoms with van der Waals surface area (Å²) in [4.78, 5) is 18.0. The van der Waals surface area contributed by atoms with Gasteiger partial charge >= 0.3 is 0 Å². The molecule has 0 spiro atoms. The van der Waals surface area contributed by atoms with Crippen molar-refractivity contribution < 1.29 is 0 Å². The first kappa shape index (κ1) is 25.7. The third-order valence-electron chi connectivity index (χ3n) is 7.96. The van der Waals surface area contributed by atoms with E-state index in [4.69, 9.17) is 0 Å². The molecule has 0 aliphatic carbocycles. The Morgan fingerprint density at radius 3 is 1.20 bits per heavy atom. The maximum absolute atomic E-state index is 4.67. The van der Waals surface area contributed by atoms with E-state index in [1.54, 1.807) is 24.8 Å². The monoisotopic (exact) mass is 562 g/mol. The fourth-order valence-electron chi connectivity index (χ4n) is 5.89. The van der Waals surface area contributed by atoms with Gasteiger partial charge in [0.05, 0.1) is 35.2 Å². The van der Waals surface area contributed by atoms with Gasteiger partial charge in [0.1, 0.15) is 0 Å². The Bertz CT molecular complexity index is 2090. The van der Waals surface area contributed by atoms with Crippen molar-refractivity contribution in [1.29, 1.82) is 0 Å². The van der Waals surface area contributed by atoms with Gasteiger partial charge in [-0.05, 0) is 127 Å². The van der Waals surface area contributed by atoms with E-state index in [-0.39, 0.29) is 0 Å². The molecule has 2 heterocycles. The van der Waals surface area contributed by atoms with Crippen molar-refractivity contribution in [3.05, 3.63) is 157 Å². The molecule has 44 heavy (non-hydrogen) atoms. The van der Waals surface area contributed by atoms with Gasteiger partial charge in [0.15, 0.2) is 0 Å². The smallest absolute Gasteiger partial charge is 0.0812 e. The molecule has 0 aliphatic rings. The van der Waals surface area contributed by atoms with Gasteiger partial charge in [-0.1, -0.05) is 60.7 Å². The average Bonchev–Trinajstić information content (AvgIpc) is 3.09. The number of hydrogen-bond donors (Lipinski definition) is 0. The summed E-state index contributed by atoms with van der Waals surface area (Å²) in [6.45, 7) is 0. The second-order valence-electron chi connectivity index (χ2n) is 10.9. The topological polar surface area (TPSA) is 50.5 Å². The maximum Gasteiger partial charge on any atom is 0.0812 e. The van der Waals surface area contributed by atoms with E-state index >= 15 is 0 Å². The van der Waals surface area contributed by atoms with Crippen LogP contribution in [0.25, 0.3) is 54.6 Å². The first-order valence-corrected chi connectivity index (χ1v) is 14.6. The van der Waals surface area contributed by atoms with E-state index < -0.39 is 0 Å². The number of hydrogen-bond acceptors (Lipinski definition) is 4. The van der Waals surface area contributed by atoms with Crippen molar-refractivity contribution in [1.82, 2.24) is 9.97 Å². The zero-order valence-corrected chi connectivity index (χ0v) is 23.8. The molecule has 0 saturated carbocycles. The van der Waals surface area contributed by atoms with E-state index in [2.05, 4.69) is 105 Å². The van der Waals surface area contributed by atoms with Crippen molar-refractivity contribution in [2.24, 2.45) is 9.98 Å². The molecule has 0 amide bonds. The number of nitrogens with zero attached hydrogens (tertiary/aromatic N) is 4. The van der Waals surface area contributed by atoms with Gasteiger partial charge in [-0.3, -0.25) is 20.0 Å². The predicted molar refractivity (Wildman–Crippen MR) is 184 cm³/mol. The Balaban J connectivity index is 1.15. The fourth-order valence-corrected chi connectivity index (χ4v) is 5.89. The predicted octanol–water partition coefficient (Wildman–Crippen LogP) is 10.2. The van der Waals surface area contributed by atoms with Gasteiger partial charge in [0, 0.05) is 12.4 Å². The van der Waals surface area contributed by atoms with Gasteiger partial charge in [0.25, 0.3) is 0 Å². The molecule has 0 radical (unpaired) electrons. The first-order chi connectivity index (χ1) is 21.8. The molecule has 4 nitrogen and oxygen atoms in total. The molecule has 8 aromatic rings. The molecule has 0 bridgehead atoms. The number of aromatic nitrogens is 2. The number of benzene rings is 6. The molecule has 2 aromatic heterocycles. The summed E-state index contributed by atoms with van der Waals surface area (Å²) in [5, 5.41) is 7.53. The van der Waals surface area contributed by atoms with Crippen LogP contribution in [0.2, 0.25) is 0 Å². The lowest BCUT2D eigenvalue weighted by atomic mass is 9.89. The molecule has 6 aromatic carbocycles. The minimum Gasteiger partial charge on any atom is -0.255 e. The Hall–Kier alpha value is -6.00. The summed E-state index contributed by atoms with van der Waals surface area (Å²) in [5.41, 5.74) is 8.10. The molecule has 8 rings (SSSR count). The Morgan fingerprint density at radius 1 is 0.386 bits per heavy atom. The van der Waals surface area contributed by atoms with Crippen LogP contribution < -0.4 is 0 Å². The highest BCUT2D eigenvalue weighted by molar-refractivity contribution is 6.24. The minimum atomic E-state index is 0.839. The summed E-state index contributed by atoms with van der Waals surface area (Å²) in [6.07, 6.45) is 7.17. The highest BCUT2D eigenvalue weighted by atomic mass is 14.8. The number of aliphatic imine (C=N–C) groups is 2. The fraction of sp³-hybridized carbons (Fsp3) is 0. The quantitative estimate of drug-likeness (QED) is 0.150. The van der Waals surface area contributed by atoms with Crippen LogP contribution in [0.3, 0.4) is 0 Å². The van der Waals surface area contributed by atoms with Crippen molar-refractivity contribution in [3.8, 4) is 22.3 Å². The van der Waals surface area contributed by atoms with E-state index in [1.165, 1.54) is 43.4 Å². The van der Waals surface area contributed by atoms with Crippen molar-refractivity contribution in [2.75, 3.05) is 0 Å². The van der Waals surface area contributed by atoms with Gasteiger partial charge in [-0.2, -0.15) is 0 Å². The third-order valence-corrected chi connectivity index (χ3v) is 7.96. The molecule has 0 fully saturated rings. The van der Waals surface area contributed by atoms with E-state index in [0.29, 0.717) is 0 Å². The molecule has 0 atom stereocenters. The molecule has 0 aliphatic heterocycles. The van der Waals surface area contributed by atoms with Crippen LogP contribution in [-0.2, 0) is 0 Å². The van der Waals surface area contributed by atoms with Crippen LogP contribution in [-0.4, -0.2) is 22.4 Å². The molecule has 0 N–H and O–H groups in total. The lowest BCUT2D eigenvalue weighted by Crippen LogP contribution is -1.88. The zero-order valence-electron chi connectivity index (χ0n) is 23.8. The molecule has 206 valence electrons. The number of rotatable bonds is 6. The second kappa shape index (κ2) is 11.0. The zero-order chi connectivity index (χ0) is 29.3. The summed E-state index contributed by atoms with van der Waals surface area (Å²) in [5.74, 6) is 0. The molecular weight excluding hydrogens is 536 g/mol. The Labute approximate surface area is 255 Å². The normalized spacial score (nSPS) is 11.9. The molecular formula is C40H26N4. The lowest BCUT2D eigenvalue weighted by Gasteiger charge is -2.15. The molecule has 0 saturated heterocycles. The standard InChI is InChI=1S/C40H26N4/c1-3-17-41-37(9-1)25-43-35-11-5-7-27(23-35)33-19-29-13-15-31-21-34(22-32-16-14-30(20-33)39(29)40(31)32)28-8-6-12-36(24-28)44-26-38-10-2-4-18-42-38/h1-26H. The highest BCUT2D eigenvalue weighted by Gasteiger charge is 2.12. The lowest BCUT2D eigenvalue weighted by molar-refractivity contribution is 1.30. The van der Waals surface area contributed by atoms with Crippen LogP contribution in [0.15, 0.2) is 156 Å². The summed E-state index contributed by atoms with van der Waals surface area (Å²) in [6, 6.07) is 46.5. The van der Waals surface area contributed by atoms with Gasteiger partial charge < -0.3 is 0 Å². The van der Waals surface area contributed by atoms with Gasteiger partial charge in [0.2, 0.25) is 0 Å². The average molecular weight is 563 g/mol. The van der Waals surface area contributed by atoms with Crippen LogP contribution in [0.5, 0.6) is 0 Å². The van der Waals surface area contributed by atoms with Crippen LogP contribution >= 0.6 is 0 Å². The SMILES string of the molecule is C(=Nc1cccc(-c2cc3ccc4cc(-c5cccc(N=Cc6ccccn6)c5)cc5ccc(c2)c3c45)c1)c1ccccn1.